The summed E-state index contributed by atoms with van der Waals surface area (Å²) in [5.74, 6) is -0.119. The fourth-order valence-corrected chi connectivity index (χ4v) is 1.18. The van der Waals surface area contributed by atoms with Gasteiger partial charge in [-0.2, -0.15) is 0 Å². The Balaban J connectivity index is 2.90. The van der Waals surface area contributed by atoms with Gasteiger partial charge in [0.15, 0.2) is 5.60 Å². The van der Waals surface area contributed by atoms with Crippen LogP contribution in [0.5, 0.6) is 0 Å². The molecule has 0 aliphatic rings. The topological polar surface area (TPSA) is 53.3 Å². The molecular formula is C11H15NO2. The molecule has 0 spiro atoms. The average Bonchev–Trinajstić information content (AvgIpc) is 2.19. The van der Waals surface area contributed by atoms with Gasteiger partial charge in [0.2, 0.25) is 5.90 Å². The molecule has 0 saturated heterocycles. The van der Waals surface area contributed by atoms with E-state index in [1.165, 1.54) is 0 Å². The predicted octanol–water partition coefficient (Wildman–Crippen LogP) is 1.91. The minimum Gasteiger partial charge on any atom is -0.479 e. The molecule has 0 saturated carbocycles. The van der Waals surface area contributed by atoms with Crippen molar-refractivity contribution in [3.8, 4) is 0 Å². The predicted molar refractivity (Wildman–Crippen MR) is 55.4 cm³/mol. The van der Waals surface area contributed by atoms with Gasteiger partial charge in [-0.05, 0) is 19.4 Å². The van der Waals surface area contributed by atoms with E-state index in [9.17, 15) is 5.11 Å². The second-order valence-corrected chi connectivity index (χ2v) is 3.20. The third-order valence-electron chi connectivity index (χ3n) is 2.07. The van der Waals surface area contributed by atoms with E-state index in [0.29, 0.717) is 12.2 Å². The molecule has 3 nitrogen and oxygen atoms in total. The molecule has 0 fully saturated rings. The molecule has 2 N–H and O–H groups in total. The van der Waals surface area contributed by atoms with Crippen molar-refractivity contribution in [2.75, 3.05) is 6.61 Å². The van der Waals surface area contributed by atoms with Crippen molar-refractivity contribution in [2.45, 2.75) is 19.4 Å². The summed E-state index contributed by atoms with van der Waals surface area (Å²) in [6.07, 6.45) is 0. The molecule has 1 aromatic carbocycles. The van der Waals surface area contributed by atoms with E-state index >= 15 is 0 Å². The molecular weight excluding hydrogens is 178 g/mol. The van der Waals surface area contributed by atoms with E-state index in [2.05, 4.69) is 0 Å². The second-order valence-electron chi connectivity index (χ2n) is 3.20. The Bertz CT molecular complexity index is 306. The van der Waals surface area contributed by atoms with Crippen LogP contribution in [0, 0.1) is 5.41 Å². The van der Waals surface area contributed by atoms with E-state index < -0.39 is 5.60 Å². The smallest absolute Gasteiger partial charge is 0.217 e. The molecule has 76 valence electrons. The van der Waals surface area contributed by atoms with E-state index in [1.54, 1.807) is 26.0 Å². The Labute approximate surface area is 83.8 Å². The average molecular weight is 193 g/mol. The number of aliphatic hydroxyl groups is 1. The van der Waals surface area contributed by atoms with Gasteiger partial charge in [0, 0.05) is 0 Å². The van der Waals surface area contributed by atoms with Crippen molar-refractivity contribution in [2.24, 2.45) is 0 Å². The first kappa shape index (κ1) is 10.7. The first-order chi connectivity index (χ1) is 6.59. The van der Waals surface area contributed by atoms with Crippen LogP contribution in [0.4, 0.5) is 0 Å². The van der Waals surface area contributed by atoms with Crippen LogP contribution in [0.3, 0.4) is 0 Å². The Morgan fingerprint density at radius 3 is 2.50 bits per heavy atom. The molecule has 1 unspecified atom stereocenters. The third kappa shape index (κ3) is 2.12. The highest BCUT2D eigenvalue weighted by atomic mass is 16.5. The van der Waals surface area contributed by atoms with Crippen LogP contribution in [0.25, 0.3) is 0 Å². The van der Waals surface area contributed by atoms with Gasteiger partial charge in [-0.1, -0.05) is 30.3 Å². The zero-order valence-electron chi connectivity index (χ0n) is 8.45. The van der Waals surface area contributed by atoms with Crippen LogP contribution in [-0.4, -0.2) is 17.6 Å². The summed E-state index contributed by atoms with van der Waals surface area (Å²) in [7, 11) is 0. The van der Waals surface area contributed by atoms with Crippen molar-refractivity contribution in [3.63, 3.8) is 0 Å². The molecule has 0 aliphatic heterocycles. The fourth-order valence-electron chi connectivity index (χ4n) is 1.18. The Morgan fingerprint density at radius 1 is 1.43 bits per heavy atom. The van der Waals surface area contributed by atoms with Gasteiger partial charge in [0.1, 0.15) is 0 Å². The maximum atomic E-state index is 10.0. The van der Waals surface area contributed by atoms with Gasteiger partial charge in [-0.3, -0.25) is 5.41 Å². The minimum absolute atomic E-state index is 0.119. The van der Waals surface area contributed by atoms with Crippen LogP contribution in [0.1, 0.15) is 19.4 Å². The van der Waals surface area contributed by atoms with E-state index in [1.807, 2.05) is 18.2 Å². The van der Waals surface area contributed by atoms with Gasteiger partial charge in [0.05, 0.1) is 6.61 Å². The molecule has 3 heteroatoms. The highest BCUT2D eigenvalue weighted by molar-refractivity contribution is 5.83. The van der Waals surface area contributed by atoms with Crippen molar-refractivity contribution >= 4 is 5.90 Å². The molecule has 1 rings (SSSR count). The van der Waals surface area contributed by atoms with Gasteiger partial charge < -0.3 is 9.84 Å². The Kier molecular flexibility index (Phi) is 3.25. The van der Waals surface area contributed by atoms with Crippen LogP contribution in [-0.2, 0) is 10.3 Å². The van der Waals surface area contributed by atoms with Crippen molar-refractivity contribution in [1.29, 1.82) is 5.41 Å². The highest BCUT2D eigenvalue weighted by Gasteiger charge is 2.29. The number of ether oxygens (including phenoxy) is 1. The number of nitrogens with one attached hydrogen (secondary N) is 1. The monoisotopic (exact) mass is 193 g/mol. The largest absolute Gasteiger partial charge is 0.479 e. The summed E-state index contributed by atoms with van der Waals surface area (Å²) < 4.78 is 4.99. The van der Waals surface area contributed by atoms with Gasteiger partial charge in [-0.15, -0.1) is 0 Å². The van der Waals surface area contributed by atoms with Crippen LogP contribution < -0.4 is 0 Å². The molecule has 0 aromatic heterocycles. The molecule has 1 atom stereocenters. The summed E-state index contributed by atoms with van der Waals surface area (Å²) >= 11 is 0. The second kappa shape index (κ2) is 4.24. The summed E-state index contributed by atoms with van der Waals surface area (Å²) in [4.78, 5) is 0. The standard InChI is InChI=1S/C11H15NO2/c1-3-14-10(12)11(2,13)9-7-5-4-6-8-9/h4-8,12-13H,3H2,1-2H3. The summed E-state index contributed by atoms with van der Waals surface area (Å²) in [6, 6.07) is 9.05. The maximum absolute atomic E-state index is 10.0. The Morgan fingerprint density at radius 2 is 2.00 bits per heavy atom. The minimum atomic E-state index is -1.34. The summed E-state index contributed by atoms with van der Waals surface area (Å²) in [6.45, 7) is 3.73. The van der Waals surface area contributed by atoms with E-state index in [4.69, 9.17) is 10.1 Å². The van der Waals surface area contributed by atoms with Gasteiger partial charge >= 0.3 is 0 Å². The number of hydrogen-bond donors (Lipinski definition) is 2. The molecule has 0 radical (unpaired) electrons. The normalized spacial score (nSPS) is 14.5. The lowest BCUT2D eigenvalue weighted by Crippen LogP contribution is -2.33. The van der Waals surface area contributed by atoms with E-state index in [-0.39, 0.29) is 5.90 Å². The lowest BCUT2D eigenvalue weighted by atomic mass is 9.96. The molecule has 0 heterocycles. The quantitative estimate of drug-likeness (QED) is 0.569. The summed E-state index contributed by atoms with van der Waals surface area (Å²) in [5, 5.41) is 17.6. The number of rotatable bonds is 3. The highest BCUT2D eigenvalue weighted by Crippen LogP contribution is 2.21. The molecule has 14 heavy (non-hydrogen) atoms. The fraction of sp³-hybridized carbons (Fsp3) is 0.364. The zero-order valence-corrected chi connectivity index (χ0v) is 8.45. The lowest BCUT2D eigenvalue weighted by molar-refractivity contribution is 0.0948. The molecule has 1 aromatic rings. The molecule has 0 amide bonds. The molecule has 0 aliphatic carbocycles. The Hall–Kier alpha value is -1.35. The number of hydrogen-bond acceptors (Lipinski definition) is 3. The van der Waals surface area contributed by atoms with Gasteiger partial charge in [0.25, 0.3) is 0 Å². The van der Waals surface area contributed by atoms with Crippen LogP contribution in [0.2, 0.25) is 0 Å². The maximum Gasteiger partial charge on any atom is 0.217 e. The lowest BCUT2D eigenvalue weighted by Gasteiger charge is -2.23. The van der Waals surface area contributed by atoms with Crippen molar-refractivity contribution < 1.29 is 9.84 Å². The SMILES string of the molecule is CCOC(=N)C(C)(O)c1ccccc1. The van der Waals surface area contributed by atoms with Crippen LogP contribution >= 0.6 is 0 Å². The first-order valence-corrected chi connectivity index (χ1v) is 4.58. The van der Waals surface area contributed by atoms with E-state index in [0.717, 1.165) is 0 Å². The van der Waals surface area contributed by atoms with Crippen molar-refractivity contribution in [3.05, 3.63) is 35.9 Å². The third-order valence-corrected chi connectivity index (χ3v) is 2.07. The first-order valence-electron chi connectivity index (χ1n) is 4.58. The van der Waals surface area contributed by atoms with Gasteiger partial charge in [-0.25, -0.2) is 0 Å². The van der Waals surface area contributed by atoms with Crippen LogP contribution in [0.15, 0.2) is 30.3 Å². The summed E-state index contributed by atoms with van der Waals surface area (Å²) in [5.41, 5.74) is -0.671. The van der Waals surface area contributed by atoms with Crippen molar-refractivity contribution in [1.82, 2.24) is 0 Å². The number of benzene rings is 1. The molecule has 0 bridgehead atoms. The zero-order chi connectivity index (χ0) is 10.6.